The van der Waals surface area contributed by atoms with Gasteiger partial charge in [-0.05, 0) is 48.7 Å². The van der Waals surface area contributed by atoms with Crippen LogP contribution in [-0.4, -0.2) is 24.8 Å². The van der Waals surface area contributed by atoms with E-state index in [0.29, 0.717) is 11.3 Å². The van der Waals surface area contributed by atoms with E-state index in [-0.39, 0.29) is 34.6 Å². The molecule has 0 saturated heterocycles. The van der Waals surface area contributed by atoms with Gasteiger partial charge in [-0.15, -0.1) is 0 Å². The van der Waals surface area contributed by atoms with Crippen molar-refractivity contribution in [2.24, 2.45) is 0 Å². The van der Waals surface area contributed by atoms with Crippen molar-refractivity contribution in [1.82, 2.24) is 24.3 Å². The van der Waals surface area contributed by atoms with Gasteiger partial charge < -0.3 is 9.88 Å². The second-order valence-electron chi connectivity index (χ2n) is 8.55. The Kier molecular flexibility index (Phi) is 5.70. The zero-order valence-electron chi connectivity index (χ0n) is 19.4. The van der Waals surface area contributed by atoms with Crippen molar-refractivity contribution in [3.8, 4) is 0 Å². The molecule has 5 aromatic rings. The summed E-state index contributed by atoms with van der Waals surface area (Å²) >= 11 is 0. The number of nitrogens with zero attached hydrogens (tertiary/aromatic N) is 4. The van der Waals surface area contributed by atoms with Gasteiger partial charge in [-0.2, -0.15) is 0 Å². The van der Waals surface area contributed by atoms with E-state index in [1.807, 2.05) is 56.3 Å². The molecule has 1 amide bonds. The molecule has 8 nitrogen and oxygen atoms in total. The molecule has 0 bridgehead atoms. The number of hydrogen-bond donors (Lipinski definition) is 2. The topological polar surface area (TPSA) is 105 Å². The van der Waals surface area contributed by atoms with E-state index in [0.717, 1.165) is 16.7 Å². The Balaban J connectivity index is 1.70. The van der Waals surface area contributed by atoms with E-state index in [4.69, 9.17) is 10.4 Å². The number of carbonyl (C=O) groups is 1. The molecule has 35 heavy (non-hydrogen) atoms. The molecule has 0 saturated carbocycles. The molecule has 8 heteroatoms. The molecule has 5 rings (SSSR count). The molecule has 2 N–H and O–H groups in total. The summed E-state index contributed by atoms with van der Waals surface area (Å²) in [6.45, 7) is 4.02. The zero-order valence-corrected chi connectivity index (χ0v) is 19.4. The van der Waals surface area contributed by atoms with Crippen LogP contribution in [0.5, 0.6) is 0 Å². The van der Waals surface area contributed by atoms with E-state index < -0.39 is 5.91 Å². The van der Waals surface area contributed by atoms with Gasteiger partial charge in [0.2, 0.25) is 0 Å². The fourth-order valence-corrected chi connectivity index (χ4v) is 4.14. The highest BCUT2D eigenvalue weighted by molar-refractivity contribution is 5.97. The van der Waals surface area contributed by atoms with Crippen LogP contribution in [0.15, 0.2) is 84.0 Å². The number of rotatable bonds is 5. The first-order valence-corrected chi connectivity index (χ1v) is 11.3. The Bertz CT molecular complexity index is 1670. The average Bonchev–Trinajstić information content (AvgIpc) is 2.87. The Morgan fingerprint density at radius 1 is 1.11 bits per heavy atom. The van der Waals surface area contributed by atoms with Gasteiger partial charge in [-0.25, -0.2) is 4.98 Å². The minimum atomic E-state index is -0.429. The number of carbonyl (C=O) groups excluding carboxylic acids is 1. The lowest BCUT2D eigenvalue weighted by Crippen LogP contribution is -2.36. The predicted molar refractivity (Wildman–Crippen MR) is 133 cm³/mol. The summed E-state index contributed by atoms with van der Waals surface area (Å²) in [7, 11) is 0. The fourth-order valence-electron chi connectivity index (χ4n) is 4.14. The minimum Gasteiger partial charge on any atom is -0.345 e. The van der Waals surface area contributed by atoms with Crippen molar-refractivity contribution in [3.63, 3.8) is 0 Å². The molecule has 4 aromatic heterocycles. The van der Waals surface area contributed by atoms with Crippen LogP contribution in [0.1, 0.15) is 40.0 Å². The molecular formula is C27H24N6O2. The quantitative estimate of drug-likeness (QED) is 0.389. The molecule has 0 radical (unpaired) electrons. The number of aromatic nitrogens is 4. The summed E-state index contributed by atoms with van der Waals surface area (Å²) in [4.78, 5) is 35.7. The number of pyridine rings is 3. The normalized spacial score (nSPS) is 12.1. The van der Waals surface area contributed by atoms with E-state index in [2.05, 4.69) is 10.3 Å². The third-order valence-corrected chi connectivity index (χ3v) is 6.01. The minimum absolute atomic E-state index is 0.0255. The highest BCUT2D eigenvalue weighted by Gasteiger charge is 2.19. The number of benzene rings is 1. The first kappa shape index (κ1) is 22.2. The van der Waals surface area contributed by atoms with Crippen LogP contribution in [0.25, 0.3) is 16.7 Å². The molecule has 1 unspecified atom stereocenters. The van der Waals surface area contributed by atoms with Gasteiger partial charge in [0.25, 0.3) is 11.5 Å². The molecule has 0 aliphatic carbocycles. The van der Waals surface area contributed by atoms with Crippen molar-refractivity contribution in [1.29, 1.82) is 5.41 Å². The van der Waals surface area contributed by atoms with Gasteiger partial charge in [-0.1, -0.05) is 42.5 Å². The average molecular weight is 465 g/mol. The third-order valence-electron chi connectivity index (χ3n) is 6.01. The van der Waals surface area contributed by atoms with E-state index in [9.17, 15) is 9.59 Å². The lowest BCUT2D eigenvalue weighted by atomic mass is 10.1. The van der Waals surface area contributed by atoms with Crippen molar-refractivity contribution in [2.45, 2.75) is 26.4 Å². The van der Waals surface area contributed by atoms with Crippen molar-refractivity contribution >= 4 is 22.6 Å². The van der Waals surface area contributed by atoms with E-state index in [1.54, 1.807) is 35.3 Å². The molecule has 1 aromatic carbocycles. The first-order chi connectivity index (χ1) is 16.9. The van der Waals surface area contributed by atoms with Gasteiger partial charge in [-0.3, -0.25) is 24.4 Å². The number of nitrogens with one attached hydrogen (secondary N) is 2. The molecule has 0 aliphatic rings. The smallest absolute Gasteiger partial charge is 0.267 e. The molecule has 0 aliphatic heterocycles. The maximum Gasteiger partial charge on any atom is 0.267 e. The van der Waals surface area contributed by atoms with Crippen molar-refractivity contribution in [3.05, 3.63) is 117 Å². The first-order valence-electron chi connectivity index (χ1n) is 11.3. The summed E-state index contributed by atoms with van der Waals surface area (Å²) < 4.78 is 3.07. The van der Waals surface area contributed by atoms with Crippen molar-refractivity contribution < 1.29 is 4.79 Å². The third kappa shape index (κ3) is 4.21. The Morgan fingerprint density at radius 2 is 1.91 bits per heavy atom. The van der Waals surface area contributed by atoms with Crippen LogP contribution in [0.3, 0.4) is 0 Å². The highest BCUT2D eigenvalue weighted by atomic mass is 16.2. The van der Waals surface area contributed by atoms with Gasteiger partial charge in [0.05, 0.1) is 23.5 Å². The molecular weight excluding hydrogens is 440 g/mol. The van der Waals surface area contributed by atoms with Crippen molar-refractivity contribution in [2.75, 3.05) is 0 Å². The SMILES string of the molecule is Cc1ccc2nc3c(cc(C(=O)NC(C)c4ccccc4)c(=N)n3Cc3cccnc3)c(=O)n2c1. The Labute approximate surface area is 201 Å². The summed E-state index contributed by atoms with van der Waals surface area (Å²) in [5.41, 5.74) is 3.29. The molecule has 174 valence electrons. The highest BCUT2D eigenvalue weighted by Crippen LogP contribution is 2.15. The van der Waals surface area contributed by atoms with E-state index in [1.165, 1.54) is 10.5 Å². The Hall–Kier alpha value is -4.59. The molecule has 0 fully saturated rings. The molecule has 1 atom stereocenters. The molecule has 4 heterocycles. The fraction of sp³-hybridized carbons (Fsp3) is 0.148. The van der Waals surface area contributed by atoms with Gasteiger partial charge in [0.15, 0.2) is 0 Å². The Morgan fingerprint density at radius 3 is 2.66 bits per heavy atom. The lowest BCUT2D eigenvalue weighted by Gasteiger charge is -2.17. The van der Waals surface area contributed by atoms with Crippen LogP contribution >= 0.6 is 0 Å². The van der Waals surface area contributed by atoms with Crippen LogP contribution < -0.4 is 16.4 Å². The van der Waals surface area contributed by atoms with Crippen LogP contribution in [0.4, 0.5) is 0 Å². The van der Waals surface area contributed by atoms with Gasteiger partial charge >= 0.3 is 0 Å². The number of fused-ring (bicyclic) bond motifs is 2. The van der Waals surface area contributed by atoms with Crippen LogP contribution in [0.2, 0.25) is 0 Å². The number of hydrogen-bond acceptors (Lipinski definition) is 5. The maximum absolute atomic E-state index is 13.5. The van der Waals surface area contributed by atoms with E-state index >= 15 is 0 Å². The van der Waals surface area contributed by atoms with Crippen LogP contribution in [0, 0.1) is 12.3 Å². The molecule has 0 spiro atoms. The maximum atomic E-state index is 13.5. The second-order valence-corrected chi connectivity index (χ2v) is 8.55. The summed E-state index contributed by atoms with van der Waals surface area (Å²) in [6, 6.07) is 18.1. The van der Waals surface area contributed by atoms with Gasteiger partial charge in [0.1, 0.15) is 16.8 Å². The summed E-state index contributed by atoms with van der Waals surface area (Å²) in [5.74, 6) is -0.429. The predicted octanol–water partition coefficient (Wildman–Crippen LogP) is 3.37. The van der Waals surface area contributed by atoms with Gasteiger partial charge in [0, 0.05) is 18.6 Å². The number of aryl methyl sites for hydroxylation is 1. The number of amides is 1. The largest absolute Gasteiger partial charge is 0.345 e. The standard InChI is InChI=1S/C27H24N6O2/c1-17-10-11-23-31-25-22(27(35)32(23)15-17)13-21(24(28)33(25)16-19-7-6-12-29-14-19)26(34)30-18(2)20-8-4-3-5-9-20/h3-15,18,28H,16H2,1-2H3,(H,30,34). The summed E-state index contributed by atoms with van der Waals surface area (Å²) in [5, 5.41) is 12.1. The second kappa shape index (κ2) is 8.98. The summed E-state index contributed by atoms with van der Waals surface area (Å²) in [6.07, 6.45) is 5.09. The zero-order chi connectivity index (χ0) is 24.5. The lowest BCUT2D eigenvalue weighted by molar-refractivity contribution is 0.0937. The van der Waals surface area contributed by atoms with Crippen LogP contribution in [-0.2, 0) is 6.54 Å². The monoisotopic (exact) mass is 464 g/mol.